The van der Waals surface area contributed by atoms with Crippen molar-refractivity contribution in [1.82, 2.24) is 9.97 Å². The molecular weight excluding hydrogens is 532 g/mol. The summed E-state index contributed by atoms with van der Waals surface area (Å²) < 4.78 is 0. The highest BCUT2D eigenvalue weighted by Crippen LogP contribution is 2.43. The third-order valence-electron chi connectivity index (χ3n) is 8.33. The van der Waals surface area contributed by atoms with E-state index in [0.29, 0.717) is 0 Å². The zero-order chi connectivity index (χ0) is 29.3. The van der Waals surface area contributed by atoms with E-state index < -0.39 is 0 Å². The van der Waals surface area contributed by atoms with Crippen molar-refractivity contribution in [2.45, 2.75) is 0 Å². The Kier molecular flexibility index (Phi) is 6.51. The van der Waals surface area contributed by atoms with E-state index in [1.54, 1.807) is 0 Å². The van der Waals surface area contributed by atoms with E-state index in [4.69, 9.17) is 9.97 Å². The summed E-state index contributed by atoms with van der Waals surface area (Å²) >= 11 is 0. The Morgan fingerprint density at radius 2 is 0.500 bits per heavy atom. The molecule has 6 aromatic carbocycles. The molecule has 8 rings (SSSR count). The topological polar surface area (TPSA) is 25.8 Å². The van der Waals surface area contributed by atoms with Gasteiger partial charge in [0.25, 0.3) is 0 Å². The lowest BCUT2D eigenvalue weighted by molar-refractivity contribution is 1.39. The molecule has 0 aliphatic rings. The Bertz CT molecular complexity index is 2140. The van der Waals surface area contributed by atoms with Crippen molar-refractivity contribution < 1.29 is 0 Å². The maximum Gasteiger partial charge on any atom is 0.0715 e. The summed E-state index contributed by atoms with van der Waals surface area (Å²) in [6.07, 6.45) is 0. The molecule has 0 fully saturated rings. The molecule has 0 bridgehead atoms. The summed E-state index contributed by atoms with van der Waals surface area (Å²) in [5.74, 6) is 0. The van der Waals surface area contributed by atoms with Crippen LogP contribution in [0.5, 0.6) is 0 Å². The number of fused-ring (bicyclic) bond motifs is 2. The van der Waals surface area contributed by atoms with Gasteiger partial charge in [0, 0.05) is 21.9 Å². The number of pyridine rings is 2. The third kappa shape index (κ3) is 4.63. The fourth-order valence-electron chi connectivity index (χ4n) is 6.22. The van der Waals surface area contributed by atoms with Gasteiger partial charge in [0.1, 0.15) is 0 Å². The van der Waals surface area contributed by atoms with Crippen molar-refractivity contribution in [1.29, 1.82) is 0 Å². The minimum absolute atomic E-state index is 0.968. The van der Waals surface area contributed by atoms with Crippen LogP contribution < -0.4 is 0 Å². The second kappa shape index (κ2) is 11.1. The lowest BCUT2D eigenvalue weighted by Gasteiger charge is -2.18. The predicted octanol–water partition coefficient (Wildman–Crippen LogP) is 11.1. The first-order valence-corrected chi connectivity index (χ1v) is 14.9. The van der Waals surface area contributed by atoms with Gasteiger partial charge in [-0.05, 0) is 57.6 Å². The van der Waals surface area contributed by atoms with Gasteiger partial charge in [-0.25, -0.2) is 9.97 Å². The van der Waals surface area contributed by atoms with Crippen LogP contribution in [-0.2, 0) is 0 Å². The molecule has 2 nitrogen and oxygen atoms in total. The fourth-order valence-corrected chi connectivity index (χ4v) is 6.22. The summed E-state index contributed by atoms with van der Waals surface area (Å²) in [6.45, 7) is 0. The molecule has 206 valence electrons. The third-order valence-corrected chi connectivity index (χ3v) is 8.33. The normalized spacial score (nSPS) is 11.2. The SMILES string of the molecule is c1ccc(-c2ccccc2-c2ccccc2-c2ccccc2-c2ccc3ccccc3n2)c(-c2ccc3ccccc3n2)c1. The molecule has 0 atom stereocenters. The van der Waals surface area contributed by atoms with Crippen molar-refractivity contribution >= 4 is 21.8 Å². The Morgan fingerprint density at radius 1 is 0.227 bits per heavy atom. The largest absolute Gasteiger partial charge is 0.248 e. The van der Waals surface area contributed by atoms with Crippen molar-refractivity contribution in [3.63, 3.8) is 0 Å². The monoisotopic (exact) mass is 560 g/mol. The van der Waals surface area contributed by atoms with E-state index in [2.05, 4.69) is 158 Å². The van der Waals surface area contributed by atoms with Crippen molar-refractivity contribution in [2.24, 2.45) is 0 Å². The average molecular weight is 561 g/mol. The molecule has 0 radical (unpaired) electrons. The van der Waals surface area contributed by atoms with Gasteiger partial charge in [-0.15, -0.1) is 0 Å². The summed E-state index contributed by atoms with van der Waals surface area (Å²) in [5.41, 5.74) is 13.2. The van der Waals surface area contributed by atoms with E-state index in [-0.39, 0.29) is 0 Å². The molecule has 2 aromatic heterocycles. The van der Waals surface area contributed by atoms with Gasteiger partial charge < -0.3 is 0 Å². The Morgan fingerprint density at radius 3 is 0.864 bits per heavy atom. The number of benzene rings is 6. The fraction of sp³-hybridized carbons (Fsp3) is 0. The van der Waals surface area contributed by atoms with E-state index in [0.717, 1.165) is 55.4 Å². The molecule has 2 heteroatoms. The first-order valence-electron chi connectivity index (χ1n) is 14.9. The number of hydrogen-bond acceptors (Lipinski definition) is 2. The molecule has 44 heavy (non-hydrogen) atoms. The minimum atomic E-state index is 0.968. The Balaban J connectivity index is 1.29. The minimum Gasteiger partial charge on any atom is -0.248 e. The maximum atomic E-state index is 5.06. The lowest BCUT2D eigenvalue weighted by atomic mass is 9.86. The number of hydrogen-bond donors (Lipinski definition) is 0. The zero-order valence-electron chi connectivity index (χ0n) is 24.1. The van der Waals surface area contributed by atoms with Crippen LogP contribution in [0.2, 0.25) is 0 Å². The van der Waals surface area contributed by atoms with Gasteiger partial charge in [-0.2, -0.15) is 0 Å². The molecular formula is C42H28N2. The summed E-state index contributed by atoms with van der Waals surface area (Å²) in [4.78, 5) is 10.1. The molecule has 8 aromatic rings. The van der Waals surface area contributed by atoms with Crippen LogP contribution in [0.15, 0.2) is 170 Å². The van der Waals surface area contributed by atoms with Gasteiger partial charge in [-0.1, -0.05) is 146 Å². The Hall–Kier alpha value is -5.86. The van der Waals surface area contributed by atoms with Crippen molar-refractivity contribution in [3.8, 4) is 55.9 Å². The molecule has 0 aliphatic heterocycles. The molecule has 0 N–H and O–H groups in total. The molecule has 0 saturated carbocycles. The predicted molar refractivity (Wildman–Crippen MR) is 184 cm³/mol. The van der Waals surface area contributed by atoms with Gasteiger partial charge in [-0.3, -0.25) is 0 Å². The molecule has 0 spiro atoms. The second-order valence-electron chi connectivity index (χ2n) is 11.0. The summed E-state index contributed by atoms with van der Waals surface area (Å²) in [5, 5.41) is 2.28. The summed E-state index contributed by atoms with van der Waals surface area (Å²) in [7, 11) is 0. The van der Waals surface area contributed by atoms with E-state index in [9.17, 15) is 0 Å². The van der Waals surface area contributed by atoms with Crippen LogP contribution in [0.1, 0.15) is 0 Å². The number of para-hydroxylation sites is 2. The number of nitrogens with zero attached hydrogens (tertiary/aromatic N) is 2. The van der Waals surface area contributed by atoms with E-state index in [1.807, 2.05) is 12.1 Å². The highest BCUT2D eigenvalue weighted by atomic mass is 14.7. The quantitative estimate of drug-likeness (QED) is 0.209. The molecule has 0 unspecified atom stereocenters. The van der Waals surface area contributed by atoms with Crippen LogP contribution >= 0.6 is 0 Å². The van der Waals surface area contributed by atoms with Gasteiger partial charge in [0.15, 0.2) is 0 Å². The highest BCUT2D eigenvalue weighted by Gasteiger charge is 2.18. The number of aromatic nitrogens is 2. The van der Waals surface area contributed by atoms with Crippen molar-refractivity contribution in [2.75, 3.05) is 0 Å². The maximum absolute atomic E-state index is 5.06. The molecule has 0 aliphatic carbocycles. The zero-order valence-corrected chi connectivity index (χ0v) is 24.1. The van der Waals surface area contributed by atoms with E-state index in [1.165, 1.54) is 22.3 Å². The summed E-state index contributed by atoms with van der Waals surface area (Å²) in [6, 6.07) is 59.8. The molecule has 2 heterocycles. The van der Waals surface area contributed by atoms with Crippen LogP contribution in [0.4, 0.5) is 0 Å². The van der Waals surface area contributed by atoms with E-state index >= 15 is 0 Å². The van der Waals surface area contributed by atoms with Crippen molar-refractivity contribution in [3.05, 3.63) is 170 Å². The second-order valence-corrected chi connectivity index (χ2v) is 11.0. The molecule has 0 saturated heterocycles. The van der Waals surface area contributed by atoms with Crippen LogP contribution in [0.25, 0.3) is 77.7 Å². The van der Waals surface area contributed by atoms with Gasteiger partial charge in [0.2, 0.25) is 0 Å². The van der Waals surface area contributed by atoms with Crippen LogP contribution in [-0.4, -0.2) is 9.97 Å². The number of rotatable bonds is 5. The smallest absolute Gasteiger partial charge is 0.0715 e. The standard InChI is InChI=1S/C42H28N2/c1-11-23-39-29(13-1)25-27-41(43-39)37-21-9-7-19-35(37)33-17-5-3-15-31(33)32-16-4-6-18-34(32)36-20-8-10-22-38(36)42-28-26-30-14-2-12-24-40(30)44-42/h1-28H. The van der Waals surface area contributed by atoms with Crippen LogP contribution in [0.3, 0.4) is 0 Å². The average Bonchev–Trinajstić information content (AvgIpc) is 3.11. The highest BCUT2D eigenvalue weighted by molar-refractivity contribution is 5.98. The van der Waals surface area contributed by atoms with Crippen LogP contribution in [0, 0.1) is 0 Å². The van der Waals surface area contributed by atoms with Gasteiger partial charge >= 0.3 is 0 Å². The first kappa shape index (κ1) is 25.8. The lowest BCUT2D eigenvalue weighted by Crippen LogP contribution is -1.94. The first-order chi connectivity index (χ1) is 21.8. The van der Waals surface area contributed by atoms with Gasteiger partial charge in [0.05, 0.1) is 22.4 Å². The Labute approximate surface area is 257 Å². The molecule has 0 amide bonds.